The van der Waals surface area contributed by atoms with Crippen molar-refractivity contribution < 1.29 is 4.39 Å². The van der Waals surface area contributed by atoms with Crippen LogP contribution in [-0.2, 0) is 13.1 Å². The van der Waals surface area contributed by atoms with Crippen LogP contribution in [-0.4, -0.2) is 12.6 Å². The van der Waals surface area contributed by atoms with Gasteiger partial charge in [-0.25, -0.2) is 4.39 Å². The fourth-order valence-electron chi connectivity index (χ4n) is 2.56. The molecular formula is C17H21FN2S. The summed E-state index contributed by atoms with van der Waals surface area (Å²) in [5.41, 5.74) is 2.03. The molecule has 1 N–H and O–H groups in total. The van der Waals surface area contributed by atoms with Crippen LogP contribution in [0.4, 0.5) is 10.1 Å². The smallest absolute Gasteiger partial charge is 0.125 e. The second-order valence-electron chi connectivity index (χ2n) is 5.54. The summed E-state index contributed by atoms with van der Waals surface area (Å²) in [4.78, 5) is 3.68. The number of halogens is 1. The largest absolute Gasteiger partial charge is 0.363 e. The van der Waals surface area contributed by atoms with E-state index >= 15 is 0 Å². The summed E-state index contributed by atoms with van der Waals surface area (Å²) in [5, 5.41) is 5.36. The summed E-state index contributed by atoms with van der Waals surface area (Å²) < 4.78 is 13.9. The third-order valence-electron chi connectivity index (χ3n) is 3.75. The Bertz CT molecular complexity index is 578. The molecular weight excluding hydrogens is 283 g/mol. The van der Waals surface area contributed by atoms with Gasteiger partial charge in [0.15, 0.2) is 0 Å². The summed E-state index contributed by atoms with van der Waals surface area (Å²) in [6, 6.07) is 10.2. The number of nitrogens with one attached hydrogen (secondary N) is 1. The molecule has 1 fully saturated rings. The average molecular weight is 304 g/mol. The first-order valence-electron chi connectivity index (χ1n) is 7.55. The Morgan fingerprint density at radius 3 is 2.86 bits per heavy atom. The molecule has 112 valence electrons. The molecule has 0 radical (unpaired) electrons. The lowest BCUT2D eigenvalue weighted by molar-refractivity contribution is 0.620. The third-order valence-corrected chi connectivity index (χ3v) is 4.61. The maximum absolute atomic E-state index is 13.9. The SMILES string of the molecule is CCNCc1cc(F)cc(N(Cc2cccs2)C2CC2)c1. The summed E-state index contributed by atoms with van der Waals surface area (Å²) in [7, 11) is 0. The number of rotatable bonds is 7. The minimum absolute atomic E-state index is 0.141. The number of nitrogens with zero attached hydrogens (tertiary/aromatic N) is 1. The van der Waals surface area contributed by atoms with Crippen molar-refractivity contribution in [3.63, 3.8) is 0 Å². The van der Waals surface area contributed by atoms with Gasteiger partial charge in [0.05, 0.1) is 6.54 Å². The van der Waals surface area contributed by atoms with Crippen LogP contribution in [0, 0.1) is 5.82 Å². The molecule has 1 aromatic heterocycles. The fraction of sp³-hybridized carbons (Fsp3) is 0.412. The maximum Gasteiger partial charge on any atom is 0.125 e. The molecule has 1 aliphatic rings. The highest BCUT2D eigenvalue weighted by molar-refractivity contribution is 7.09. The lowest BCUT2D eigenvalue weighted by atomic mass is 10.1. The van der Waals surface area contributed by atoms with Gasteiger partial charge in [-0.05, 0) is 54.6 Å². The highest BCUT2D eigenvalue weighted by Crippen LogP contribution is 2.34. The Balaban J connectivity index is 1.82. The molecule has 1 saturated carbocycles. The first-order valence-corrected chi connectivity index (χ1v) is 8.43. The number of anilines is 1. The van der Waals surface area contributed by atoms with E-state index in [0.29, 0.717) is 6.04 Å². The van der Waals surface area contributed by atoms with Crippen molar-refractivity contribution in [2.24, 2.45) is 0 Å². The van der Waals surface area contributed by atoms with Gasteiger partial charge in [0.2, 0.25) is 0 Å². The maximum atomic E-state index is 13.9. The molecule has 0 saturated heterocycles. The van der Waals surface area contributed by atoms with Crippen LogP contribution < -0.4 is 10.2 Å². The van der Waals surface area contributed by atoms with Crippen LogP contribution in [0.25, 0.3) is 0 Å². The van der Waals surface area contributed by atoms with Crippen molar-refractivity contribution in [1.82, 2.24) is 5.32 Å². The van der Waals surface area contributed by atoms with Gasteiger partial charge < -0.3 is 10.2 Å². The molecule has 2 nitrogen and oxygen atoms in total. The van der Waals surface area contributed by atoms with E-state index in [2.05, 4.69) is 40.7 Å². The molecule has 2 aromatic rings. The number of hydrogen-bond acceptors (Lipinski definition) is 3. The minimum atomic E-state index is -0.141. The van der Waals surface area contributed by atoms with E-state index in [1.54, 1.807) is 23.5 Å². The van der Waals surface area contributed by atoms with Gasteiger partial charge in [-0.15, -0.1) is 11.3 Å². The fourth-order valence-corrected chi connectivity index (χ4v) is 3.26. The van der Waals surface area contributed by atoms with E-state index in [-0.39, 0.29) is 5.82 Å². The molecule has 0 aliphatic heterocycles. The Labute approximate surface area is 129 Å². The van der Waals surface area contributed by atoms with E-state index in [4.69, 9.17) is 0 Å². The Morgan fingerprint density at radius 2 is 2.19 bits per heavy atom. The van der Waals surface area contributed by atoms with E-state index in [1.165, 1.54) is 17.7 Å². The molecule has 0 unspecified atom stereocenters. The highest BCUT2D eigenvalue weighted by Gasteiger charge is 2.29. The standard InChI is InChI=1S/C17H21FN2S/c1-2-19-11-13-8-14(18)10-16(9-13)20(15-5-6-15)12-17-4-3-7-21-17/h3-4,7-10,15,19H,2,5-6,11-12H2,1H3. The predicted molar refractivity (Wildman–Crippen MR) is 87.3 cm³/mol. The summed E-state index contributed by atoms with van der Waals surface area (Å²) in [6.45, 7) is 4.56. The zero-order valence-corrected chi connectivity index (χ0v) is 13.1. The van der Waals surface area contributed by atoms with Crippen LogP contribution in [0.15, 0.2) is 35.7 Å². The van der Waals surface area contributed by atoms with Gasteiger partial charge in [0.25, 0.3) is 0 Å². The highest BCUT2D eigenvalue weighted by atomic mass is 32.1. The molecule has 4 heteroatoms. The van der Waals surface area contributed by atoms with Crippen LogP contribution >= 0.6 is 11.3 Å². The zero-order chi connectivity index (χ0) is 14.7. The molecule has 0 bridgehead atoms. The lowest BCUT2D eigenvalue weighted by Crippen LogP contribution is -2.25. The van der Waals surface area contributed by atoms with Crippen molar-refractivity contribution in [3.8, 4) is 0 Å². The van der Waals surface area contributed by atoms with Gasteiger partial charge in [-0.2, -0.15) is 0 Å². The second kappa shape index (κ2) is 6.58. The van der Waals surface area contributed by atoms with Crippen LogP contribution in [0.2, 0.25) is 0 Å². The zero-order valence-electron chi connectivity index (χ0n) is 12.3. The molecule has 0 atom stereocenters. The predicted octanol–water partition coefficient (Wildman–Crippen LogP) is 4.17. The van der Waals surface area contributed by atoms with Crippen LogP contribution in [0.1, 0.15) is 30.2 Å². The van der Waals surface area contributed by atoms with Crippen molar-refractivity contribution >= 4 is 17.0 Å². The average Bonchev–Trinajstić information content (AvgIpc) is 3.18. The van der Waals surface area contributed by atoms with E-state index in [0.717, 1.165) is 30.9 Å². The number of thiophene rings is 1. The van der Waals surface area contributed by atoms with E-state index in [9.17, 15) is 4.39 Å². The first kappa shape index (κ1) is 14.5. The van der Waals surface area contributed by atoms with E-state index < -0.39 is 0 Å². The quantitative estimate of drug-likeness (QED) is 0.826. The van der Waals surface area contributed by atoms with Crippen molar-refractivity contribution in [3.05, 3.63) is 52.0 Å². The molecule has 21 heavy (non-hydrogen) atoms. The van der Waals surface area contributed by atoms with Crippen molar-refractivity contribution in [1.29, 1.82) is 0 Å². The molecule has 0 amide bonds. The van der Waals surface area contributed by atoms with Gasteiger partial charge in [0.1, 0.15) is 5.82 Å². The molecule has 1 heterocycles. The van der Waals surface area contributed by atoms with Crippen LogP contribution in [0.5, 0.6) is 0 Å². The number of hydrogen-bond donors (Lipinski definition) is 1. The van der Waals surface area contributed by atoms with Gasteiger partial charge >= 0.3 is 0 Å². The van der Waals surface area contributed by atoms with Crippen LogP contribution in [0.3, 0.4) is 0 Å². The monoisotopic (exact) mass is 304 g/mol. The lowest BCUT2D eigenvalue weighted by Gasteiger charge is -2.25. The Morgan fingerprint density at radius 1 is 1.33 bits per heavy atom. The summed E-state index contributed by atoms with van der Waals surface area (Å²) in [6.07, 6.45) is 2.43. The van der Waals surface area contributed by atoms with Gasteiger partial charge in [-0.1, -0.05) is 13.0 Å². The van der Waals surface area contributed by atoms with Crippen molar-refractivity contribution in [2.75, 3.05) is 11.4 Å². The molecule has 1 aliphatic carbocycles. The first-order chi connectivity index (χ1) is 10.3. The Hall–Kier alpha value is -1.39. The second-order valence-corrected chi connectivity index (χ2v) is 6.57. The van der Waals surface area contributed by atoms with Gasteiger partial charge in [-0.3, -0.25) is 0 Å². The normalized spacial score (nSPS) is 14.4. The molecule has 3 rings (SSSR count). The molecule has 0 spiro atoms. The van der Waals surface area contributed by atoms with E-state index in [1.807, 2.05) is 0 Å². The third kappa shape index (κ3) is 3.83. The molecule has 1 aromatic carbocycles. The minimum Gasteiger partial charge on any atom is -0.363 e. The topological polar surface area (TPSA) is 15.3 Å². The Kier molecular flexibility index (Phi) is 4.56. The van der Waals surface area contributed by atoms with Gasteiger partial charge in [0, 0.05) is 23.2 Å². The van der Waals surface area contributed by atoms with Crippen molar-refractivity contribution in [2.45, 2.75) is 38.9 Å². The number of benzene rings is 1. The summed E-state index contributed by atoms with van der Waals surface area (Å²) >= 11 is 1.77. The summed E-state index contributed by atoms with van der Waals surface area (Å²) in [5.74, 6) is -0.141.